The molecule has 0 aliphatic heterocycles. The minimum absolute atomic E-state index is 0.131. The highest BCUT2D eigenvalue weighted by Gasteiger charge is 2.33. The van der Waals surface area contributed by atoms with Gasteiger partial charge >= 0.3 is 0 Å². The molecule has 1 rings (SSSR count). The Kier molecular flexibility index (Phi) is 45.3. The number of unbranched alkanes of at least 4 members (excludes halogenated alkanes) is 34. The molecule has 1 saturated carbocycles. The molecular weight excluding hydrogens is 811 g/mol. The van der Waals surface area contributed by atoms with Crippen molar-refractivity contribution in [2.45, 2.75) is 341 Å². The average Bonchev–Trinajstić information content (AvgIpc) is 3.32. The van der Waals surface area contributed by atoms with Gasteiger partial charge in [0.05, 0.1) is 6.10 Å². The van der Waals surface area contributed by atoms with Gasteiger partial charge in [-0.15, -0.1) is 0 Å². The van der Waals surface area contributed by atoms with Crippen molar-refractivity contribution < 1.29 is 14.7 Å². The SMILES string of the molecule is CCCCCCCCCCCCN(CCCCCC)C(=O)CCCCCCCC1(NCCCCCCCC(=O)N(CCCCCCCCCC)CCCCCCCCCC)CCC(O)CC1. The van der Waals surface area contributed by atoms with Crippen LogP contribution in [0.5, 0.6) is 0 Å². The van der Waals surface area contributed by atoms with Gasteiger partial charge in [-0.1, -0.05) is 240 Å². The topological polar surface area (TPSA) is 72.9 Å². The highest BCUT2D eigenvalue weighted by Crippen LogP contribution is 2.33. The molecule has 0 unspecified atom stereocenters. The molecule has 0 radical (unpaired) electrons. The monoisotopic (exact) mass is 930 g/mol. The van der Waals surface area contributed by atoms with Gasteiger partial charge in [0, 0.05) is 44.6 Å². The van der Waals surface area contributed by atoms with Gasteiger partial charge in [-0.05, 0) is 83.6 Å². The van der Waals surface area contributed by atoms with Gasteiger partial charge in [0.2, 0.25) is 11.8 Å². The maximum Gasteiger partial charge on any atom is 0.222 e. The largest absolute Gasteiger partial charge is 0.393 e. The van der Waals surface area contributed by atoms with Crippen molar-refractivity contribution in [3.05, 3.63) is 0 Å². The number of carbonyl (C=O) groups excluding carboxylic acids is 2. The number of aliphatic hydroxyl groups excluding tert-OH is 1. The lowest BCUT2D eigenvalue weighted by atomic mass is 9.77. The first-order valence-electron chi connectivity index (χ1n) is 30.4. The summed E-state index contributed by atoms with van der Waals surface area (Å²) >= 11 is 0. The predicted octanol–water partition coefficient (Wildman–Crippen LogP) is 17.8. The van der Waals surface area contributed by atoms with Gasteiger partial charge in [-0.3, -0.25) is 9.59 Å². The molecule has 0 saturated heterocycles. The second kappa shape index (κ2) is 47.5. The summed E-state index contributed by atoms with van der Waals surface area (Å²) in [6.45, 7) is 14.0. The maximum atomic E-state index is 13.4. The number of hydrogen-bond acceptors (Lipinski definition) is 4. The maximum absolute atomic E-state index is 13.4. The van der Waals surface area contributed by atoms with Crippen LogP contribution in [0.25, 0.3) is 0 Å². The third-order valence-corrected chi connectivity index (χ3v) is 15.4. The van der Waals surface area contributed by atoms with Crippen LogP contribution in [0.15, 0.2) is 0 Å². The van der Waals surface area contributed by atoms with E-state index in [-0.39, 0.29) is 11.6 Å². The molecule has 0 aromatic heterocycles. The molecule has 0 aromatic carbocycles. The number of aliphatic hydroxyl groups is 1. The molecule has 6 nitrogen and oxygen atoms in total. The zero-order chi connectivity index (χ0) is 47.9. The first-order valence-corrected chi connectivity index (χ1v) is 30.4. The third-order valence-electron chi connectivity index (χ3n) is 15.4. The zero-order valence-corrected chi connectivity index (χ0v) is 45.5. The minimum atomic E-state index is -0.131. The van der Waals surface area contributed by atoms with Crippen LogP contribution in [0.2, 0.25) is 0 Å². The number of amides is 2. The molecule has 0 heterocycles. The van der Waals surface area contributed by atoms with Gasteiger partial charge in [0.1, 0.15) is 0 Å². The fraction of sp³-hybridized carbons (Fsp3) is 0.967. The first kappa shape index (κ1) is 62.9. The van der Waals surface area contributed by atoms with E-state index in [4.69, 9.17) is 0 Å². The smallest absolute Gasteiger partial charge is 0.222 e. The van der Waals surface area contributed by atoms with Crippen LogP contribution in [0.1, 0.15) is 329 Å². The summed E-state index contributed by atoms with van der Waals surface area (Å²) < 4.78 is 0. The molecule has 392 valence electrons. The molecule has 6 heteroatoms. The quantitative estimate of drug-likeness (QED) is 0.0596. The summed E-state index contributed by atoms with van der Waals surface area (Å²) in [5, 5.41) is 14.4. The highest BCUT2D eigenvalue weighted by molar-refractivity contribution is 5.76. The summed E-state index contributed by atoms with van der Waals surface area (Å²) in [4.78, 5) is 31.2. The molecule has 2 N–H and O–H groups in total. The molecule has 1 fully saturated rings. The van der Waals surface area contributed by atoms with Crippen molar-refractivity contribution in [1.82, 2.24) is 15.1 Å². The van der Waals surface area contributed by atoms with E-state index in [9.17, 15) is 14.7 Å². The van der Waals surface area contributed by atoms with Crippen molar-refractivity contribution in [3.8, 4) is 0 Å². The number of nitrogens with zero attached hydrogens (tertiary/aromatic N) is 2. The Morgan fingerprint density at radius 1 is 0.394 bits per heavy atom. The van der Waals surface area contributed by atoms with E-state index in [1.807, 2.05) is 0 Å². The fourth-order valence-corrected chi connectivity index (χ4v) is 10.7. The summed E-state index contributed by atoms with van der Waals surface area (Å²) in [6.07, 6.45) is 57.8. The van der Waals surface area contributed by atoms with E-state index < -0.39 is 0 Å². The summed E-state index contributed by atoms with van der Waals surface area (Å²) in [5.41, 5.74) is 0.183. The van der Waals surface area contributed by atoms with Crippen molar-refractivity contribution in [1.29, 1.82) is 0 Å². The minimum Gasteiger partial charge on any atom is -0.393 e. The van der Waals surface area contributed by atoms with Crippen molar-refractivity contribution in [2.24, 2.45) is 0 Å². The standard InChI is InChI=1S/C60H119N3O3/c1-5-9-13-17-20-23-24-27-36-44-54-62(53-41-16-12-8-4)58(65)45-37-30-28-32-39-49-60(50-47-57(64)48-51-60)61-52-40-33-29-31-38-46-59(66)63(55-42-34-25-21-18-14-10-6-2)56-43-35-26-22-19-15-11-7-3/h57,61,64H,5-56H2,1-4H3. The van der Waals surface area contributed by atoms with Gasteiger partial charge in [-0.2, -0.15) is 0 Å². The Morgan fingerprint density at radius 3 is 1.02 bits per heavy atom. The van der Waals surface area contributed by atoms with Crippen LogP contribution in [0, 0.1) is 0 Å². The second-order valence-corrected chi connectivity index (χ2v) is 21.7. The predicted molar refractivity (Wildman–Crippen MR) is 290 cm³/mol. The van der Waals surface area contributed by atoms with E-state index in [0.29, 0.717) is 11.8 Å². The van der Waals surface area contributed by atoms with Gasteiger partial charge < -0.3 is 20.2 Å². The fourth-order valence-electron chi connectivity index (χ4n) is 10.7. The van der Waals surface area contributed by atoms with Gasteiger partial charge in [0.25, 0.3) is 0 Å². The molecule has 2 amide bonds. The first-order chi connectivity index (χ1) is 32.4. The Morgan fingerprint density at radius 2 is 0.667 bits per heavy atom. The van der Waals surface area contributed by atoms with Gasteiger partial charge in [-0.25, -0.2) is 0 Å². The van der Waals surface area contributed by atoms with Crippen LogP contribution in [0.4, 0.5) is 0 Å². The molecule has 0 atom stereocenters. The summed E-state index contributed by atoms with van der Waals surface area (Å²) in [5.74, 6) is 0.812. The van der Waals surface area contributed by atoms with Crippen LogP contribution in [-0.2, 0) is 9.59 Å². The van der Waals surface area contributed by atoms with Gasteiger partial charge in [0.15, 0.2) is 0 Å². The van der Waals surface area contributed by atoms with Crippen LogP contribution >= 0.6 is 0 Å². The Labute approximate surface area is 413 Å². The zero-order valence-electron chi connectivity index (χ0n) is 45.5. The molecule has 0 bridgehead atoms. The lowest BCUT2D eigenvalue weighted by molar-refractivity contribution is -0.132. The number of carbonyl (C=O) groups is 2. The number of hydrogen-bond donors (Lipinski definition) is 2. The lowest BCUT2D eigenvalue weighted by Crippen LogP contribution is -2.49. The van der Waals surface area contributed by atoms with Crippen molar-refractivity contribution >= 4 is 11.8 Å². The molecule has 0 aromatic rings. The molecular formula is C60H119N3O3. The van der Waals surface area contributed by atoms with E-state index in [0.717, 1.165) is 103 Å². The Bertz CT molecular complexity index is 1010. The molecule has 1 aliphatic rings. The van der Waals surface area contributed by atoms with E-state index in [2.05, 4.69) is 42.8 Å². The Balaban J connectivity index is 2.36. The molecule has 0 spiro atoms. The van der Waals surface area contributed by atoms with Crippen molar-refractivity contribution in [2.75, 3.05) is 32.7 Å². The van der Waals surface area contributed by atoms with E-state index in [1.54, 1.807) is 0 Å². The highest BCUT2D eigenvalue weighted by atomic mass is 16.3. The van der Waals surface area contributed by atoms with E-state index >= 15 is 0 Å². The summed E-state index contributed by atoms with van der Waals surface area (Å²) in [6, 6.07) is 0. The van der Waals surface area contributed by atoms with Crippen LogP contribution in [0.3, 0.4) is 0 Å². The average molecular weight is 931 g/mol. The summed E-state index contributed by atoms with van der Waals surface area (Å²) in [7, 11) is 0. The lowest BCUT2D eigenvalue weighted by Gasteiger charge is -2.40. The second-order valence-electron chi connectivity index (χ2n) is 21.7. The van der Waals surface area contributed by atoms with Crippen LogP contribution in [-0.4, -0.2) is 71.1 Å². The van der Waals surface area contributed by atoms with Crippen molar-refractivity contribution in [3.63, 3.8) is 0 Å². The number of nitrogens with one attached hydrogen (secondary N) is 1. The number of rotatable bonds is 51. The molecule has 1 aliphatic carbocycles. The van der Waals surface area contributed by atoms with Crippen LogP contribution < -0.4 is 5.32 Å². The Hall–Kier alpha value is -1.14. The third kappa shape index (κ3) is 37.7. The molecule has 66 heavy (non-hydrogen) atoms. The van der Waals surface area contributed by atoms with E-state index in [1.165, 1.54) is 231 Å². The normalized spacial score (nSPS) is 16.3.